The van der Waals surface area contributed by atoms with Crippen LogP contribution in [0.3, 0.4) is 0 Å². The standard InChI is InChI=1S/C26H20BrN3O6S/c1-29-24(31)23(37-26(29)28-19-8-6-18(7-9-19)25(32)35-2)14-17-5-12-22(21(27)13-17)36-15-16-3-10-20(11-4-16)30(33)34/h3-14H,15H2,1-2H3. The summed E-state index contributed by atoms with van der Waals surface area (Å²) >= 11 is 4.76. The van der Waals surface area contributed by atoms with Gasteiger partial charge in [-0.3, -0.25) is 19.8 Å². The van der Waals surface area contributed by atoms with Gasteiger partial charge in [0, 0.05) is 19.2 Å². The third kappa shape index (κ3) is 6.25. The summed E-state index contributed by atoms with van der Waals surface area (Å²) in [6, 6.07) is 18.2. The lowest BCUT2D eigenvalue weighted by Gasteiger charge is -2.09. The van der Waals surface area contributed by atoms with E-state index in [1.165, 1.54) is 35.9 Å². The maximum atomic E-state index is 12.8. The molecule has 0 unspecified atom stereocenters. The summed E-state index contributed by atoms with van der Waals surface area (Å²) in [4.78, 5) is 41.3. The first kappa shape index (κ1) is 26.1. The van der Waals surface area contributed by atoms with Gasteiger partial charge in [0.25, 0.3) is 11.6 Å². The van der Waals surface area contributed by atoms with Crippen molar-refractivity contribution in [3.05, 3.63) is 103 Å². The number of nitro benzene ring substituents is 1. The fraction of sp³-hybridized carbons (Fsp3) is 0.115. The number of nitro groups is 1. The van der Waals surface area contributed by atoms with Crippen LogP contribution >= 0.6 is 27.7 Å². The number of rotatable bonds is 7. The zero-order chi connectivity index (χ0) is 26.5. The maximum Gasteiger partial charge on any atom is 0.337 e. The molecule has 3 aromatic rings. The molecular formula is C26H20BrN3O6S. The van der Waals surface area contributed by atoms with Crippen LogP contribution in [0.2, 0.25) is 0 Å². The number of aliphatic imine (C=N–C) groups is 1. The number of carbonyl (C=O) groups is 2. The van der Waals surface area contributed by atoms with Gasteiger partial charge in [0.05, 0.1) is 32.7 Å². The monoisotopic (exact) mass is 581 g/mol. The van der Waals surface area contributed by atoms with Gasteiger partial charge in [0.15, 0.2) is 5.17 Å². The molecule has 0 radical (unpaired) electrons. The van der Waals surface area contributed by atoms with E-state index in [-0.39, 0.29) is 18.2 Å². The van der Waals surface area contributed by atoms with Crippen molar-refractivity contribution in [1.82, 2.24) is 4.90 Å². The number of ether oxygens (including phenoxy) is 2. The lowest BCUT2D eigenvalue weighted by atomic mass is 10.2. The van der Waals surface area contributed by atoms with Gasteiger partial charge < -0.3 is 9.47 Å². The van der Waals surface area contributed by atoms with E-state index in [1.807, 2.05) is 12.1 Å². The highest BCUT2D eigenvalue weighted by atomic mass is 79.9. The molecule has 1 heterocycles. The first-order valence-corrected chi connectivity index (χ1v) is 12.5. The normalized spacial score (nSPS) is 15.3. The largest absolute Gasteiger partial charge is 0.488 e. The van der Waals surface area contributed by atoms with Crippen molar-refractivity contribution in [2.75, 3.05) is 14.2 Å². The zero-order valence-electron chi connectivity index (χ0n) is 19.7. The van der Waals surface area contributed by atoms with Gasteiger partial charge in [-0.25, -0.2) is 9.79 Å². The molecule has 0 bridgehead atoms. The van der Waals surface area contributed by atoms with E-state index in [0.29, 0.717) is 31.5 Å². The molecule has 1 fully saturated rings. The van der Waals surface area contributed by atoms with Gasteiger partial charge in [-0.2, -0.15) is 0 Å². The molecule has 0 saturated carbocycles. The number of hydrogen-bond donors (Lipinski definition) is 0. The Morgan fingerprint density at radius 3 is 2.46 bits per heavy atom. The van der Waals surface area contributed by atoms with E-state index in [1.54, 1.807) is 55.6 Å². The number of amides is 1. The Kier molecular flexibility index (Phi) is 8.04. The number of likely N-dealkylation sites (N-methyl/N-ethyl adjacent to an activating group) is 1. The van der Waals surface area contributed by atoms with Gasteiger partial charge in [0.1, 0.15) is 12.4 Å². The second kappa shape index (κ2) is 11.4. The van der Waals surface area contributed by atoms with Crippen molar-refractivity contribution < 1.29 is 24.0 Å². The first-order valence-electron chi connectivity index (χ1n) is 10.9. The first-order chi connectivity index (χ1) is 17.7. The molecule has 1 saturated heterocycles. The van der Waals surface area contributed by atoms with Crippen LogP contribution in [0.4, 0.5) is 11.4 Å². The number of benzene rings is 3. The molecule has 4 rings (SSSR count). The molecule has 188 valence electrons. The second-order valence-corrected chi connectivity index (χ2v) is 9.67. The molecule has 11 heteroatoms. The zero-order valence-corrected chi connectivity index (χ0v) is 22.1. The van der Waals surface area contributed by atoms with Gasteiger partial charge in [-0.1, -0.05) is 6.07 Å². The Labute approximate surface area is 225 Å². The summed E-state index contributed by atoms with van der Waals surface area (Å²) in [6.07, 6.45) is 1.78. The highest BCUT2D eigenvalue weighted by molar-refractivity contribution is 9.10. The minimum atomic E-state index is -0.446. The maximum absolute atomic E-state index is 12.8. The Balaban J connectivity index is 1.44. The van der Waals surface area contributed by atoms with Crippen LogP contribution in [0.1, 0.15) is 21.5 Å². The van der Waals surface area contributed by atoms with Crippen molar-refractivity contribution >= 4 is 62.2 Å². The van der Waals surface area contributed by atoms with E-state index >= 15 is 0 Å². The molecule has 0 N–H and O–H groups in total. The van der Waals surface area contributed by atoms with Gasteiger partial charge in [-0.15, -0.1) is 0 Å². The number of methoxy groups -OCH3 is 1. The number of nitrogens with zero attached hydrogens (tertiary/aromatic N) is 3. The molecule has 0 aliphatic carbocycles. The second-order valence-electron chi connectivity index (χ2n) is 7.81. The minimum absolute atomic E-state index is 0.0250. The van der Waals surface area contributed by atoms with E-state index in [4.69, 9.17) is 9.47 Å². The fourth-order valence-corrected chi connectivity index (χ4v) is 4.80. The average Bonchev–Trinajstić information content (AvgIpc) is 3.16. The molecule has 3 aromatic carbocycles. The number of non-ortho nitro benzene ring substituents is 1. The van der Waals surface area contributed by atoms with E-state index in [9.17, 15) is 19.7 Å². The van der Waals surface area contributed by atoms with Gasteiger partial charge >= 0.3 is 5.97 Å². The van der Waals surface area contributed by atoms with Gasteiger partial charge in [0.2, 0.25) is 0 Å². The molecule has 0 atom stereocenters. The highest BCUT2D eigenvalue weighted by Gasteiger charge is 2.30. The number of amidine groups is 1. The predicted octanol–water partition coefficient (Wildman–Crippen LogP) is 5.96. The molecule has 37 heavy (non-hydrogen) atoms. The SMILES string of the molecule is COC(=O)c1ccc(N=C2SC(=Cc3ccc(OCc4ccc([N+](=O)[O-])cc4)c(Br)c3)C(=O)N2C)cc1. The van der Waals surface area contributed by atoms with Crippen LogP contribution in [-0.2, 0) is 16.1 Å². The van der Waals surface area contributed by atoms with Crippen molar-refractivity contribution in [2.24, 2.45) is 4.99 Å². The van der Waals surface area contributed by atoms with Crippen LogP contribution in [-0.4, -0.2) is 41.0 Å². The molecular weight excluding hydrogens is 562 g/mol. The Morgan fingerprint density at radius 2 is 1.84 bits per heavy atom. The third-order valence-corrected chi connectivity index (χ3v) is 6.99. The Bertz CT molecular complexity index is 1420. The van der Waals surface area contributed by atoms with E-state index in [0.717, 1.165) is 11.1 Å². The summed E-state index contributed by atoms with van der Waals surface area (Å²) in [5, 5.41) is 11.3. The fourth-order valence-electron chi connectivity index (χ4n) is 3.30. The third-order valence-electron chi connectivity index (χ3n) is 5.31. The average molecular weight is 582 g/mol. The summed E-state index contributed by atoms with van der Waals surface area (Å²) in [6.45, 7) is 0.247. The Hall–Kier alpha value is -3.96. The lowest BCUT2D eigenvalue weighted by molar-refractivity contribution is -0.384. The molecule has 0 spiro atoms. The molecule has 9 nitrogen and oxygen atoms in total. The topological polar surface area (TPSA) is 111 Å². The lowest BCUT2D eigenvalue weighted by Crippen LogP contribution is -2.23. The predicted molar refractivity (Wildman–Crippen MR) is 145 cm³/mol. The van der Waals surface area contributed by atoms with Crippen molar-refractivity contribution in [3.8, 4) is 5.75 Å². The smallest absolute Gasteiger partial charge is 0.337 e. The van der Waals surface area contributed by atoms with E-state index in [2.05, 4.69) is 20.9 Å². The summed E-state index contributed by atoms with van der Waals surface area (Å²) in [7, 11) is 2.98. The number of thioether (sulfide) groups is 1. The van der Waals surface area contributed by atoms with Gasteiger partial charge in [-0.05, 0) is 93.4 Å². The van der Waals surface area contributed by atoms with Crippen LogP contribution in [0.15, 0.2) is 81.1 Å². The number of hydrogen-bond acceptors (Lipinski definition) is 8. The molecule has 1 aliphatic rings. The minimum Gasteiger partial charge on any atom is -0.488 e. The van der Waals surface area contributed by atoms with Crippen molar-refractivity contribution in [1.29, 1.82) is 0 Å². The van der Waals surface area contributed by atoms with Crippen LogP contribution in [0, 0.1) is 10.1 Å². The highest BCUT2D eigenvalue weighted by Crippen LogP contribution is 2.35. The molecule has 1 aliphatic heterocycles. The Morgan fingerprint density at radius 1 is 1.14 bits per heavy atom. The summed E-state index contributed by atoms with van der Waals surface area (Å²) in [5.74, 6) is -0.00823. The summed E-state index contributed by atoms with van der Waals surface area (Å²) in [5.41, 5.74) is 2.64. The van der Waals surface area contributed by atoms with E-state index < -0.39 is 10.9 Å². The molecule has 0 aromatic heterocycles. The quantitative estimate of drug-likeness (QED) is 0.146. The number of carbonyl (C=O) groups excluding carboxylic acids is 2. The summed E-state index contributed by atoms with van der Waals surface area (Å²) < 4.78 is 11.2. The van der Waals surface area contributed by atoms with Crippen LogP contribution in [0.5, 0.6) is 5.75 Å². The van der Waals surface area contributed by atoms with Crippen molar-refractivity contribution in [2.45, 2.75) is 6.61 Å². The molecule has 1 amide bonds. The number of esters is 1. The van der Waals surface area contributed by atoms with Crippen LogP contribution < -0.4 is 4.74 Å². The van der Waals surface area contributed by atoms with Crippen molar-refractivity contribution in [3.63, 3.8) is 0 Å². The number of halogens is 1. The van der Waals surface area contributed by atoms with Crippen LogP contribution in [0.25, 0.3) is 6.08 Å².